The van der Waals surface area contributed by atoms with E-state index in [1.807, 2.05) is 31.2 Å². The van der Waals surface area contributed by atoms with Crippen LogP contribution < -0.4 is 14.2 Å². The van der Waals surface area contributed by atoms with Gasteiger partial charge in [0.15, 0.2) is 5.75 Å². The van der Waals surface area contributed by atoms with Crippen molar-refractivity contribution < 1.29 is 19.3 Å². The van der Waals surface area contributed by atoms with E-state index in [0.717, 1.165) is 11.3 Å². The van der Waals surface area contributed by atoms with Crippen LogP contribution in [0.1, 0.15) is 12.5 Å². The molecule has 5 nitrogen and oxygen atoms in total. The molecule has 0 unspecified atom stereocenters. The van der Waals surface area contributed by atoms with Crippen molar-refractivity contribution in [2.45, 2.75) is 13.5 Å². The maximum absolute atomic E-state index is 9.40. The fourth-order valence-corrected chi connectivity index (χ4v) is 1.66. The van der Waals surface area contributed by atoms with Gasteiger partial charge in [-0.25, -0.2) is 4.98 Å². The Hall–Kier alpha value is -2.43. The first kappa shape index (κ1) is 14.0. The van der Waals surface area contributed by atoms with E-state index in [-0.39, 0.29) is 5.75 Å². The molecular formula is C15H17NO4. The highest BCUT2D eigenvalue weighted by atomic mass is 16.5. The molecule has 1 aromatic heterocycles. The first-order valence-electron chi connectivity index (χ1n) is 6.30. The maximum atomic E-state index is 9.40. The summed E-state index contributed by atoms with van der Waals surface area (Å²) in [5.74, 6) is 1.64. The van der Waals surface area contributed by atoms with Crippen LogP contribution in [-0.2, 0) is 6.61 Å². The van der Waals surface area contributed by atoms with Gasteiger partial charge in [0, 0.05) is 6.07 Å². The van der Waals surface area contributed by atoms with Crippen molar-refractivity contribution in [3.05, 3.63) is 42.1 Å². The number of hydrogen-bond donors (Lipinski definition) is 1. The minimum atomic E-state index is 0.0465. The molecular weight excluding hydrogens is 258 g/mol. The molecule has 0 saturated carbocycles. The topological polar surface area (TPSA) is 60.8 Å². The summed E-state index contributed by atoms with van der Waals surface area (Å²) in [5.41, 5.74) is 0.989. The van der Waals surface area contributed by atoms with Crippen LogP contribution in [0.5, 0.6) is 23.1 Å². The standard InChI is InChI=1S/C15H17NO4/c1-3-19-14-8-12(17)9-16-15(14)20-10-11-4-6-13(18-2)7-5-11/h4-9,17H,3,10H2,1-2H3. The van der Waals surface area contributed by atoms with Crippen LogP contribution in [0.4, 0.5) is 0 Å². The average Bonchev–Trinajstić information content (AvgIpc) is 2.47. The van der Waals surface area contributed by atoms with Gasteiger partial charge in [-0.2, -0.15) is 0 Å². The predicted octanol–water partition coefficient (Wildman–Crippen LogP) is 2.77. The molecule has 106 valence electrons. The third-order valence-electron chi connectivity index (χ3n) is 2.64. The smallest absolute Gasteiger partial charge is 0.257 e. The zero-order valence-electron chi connectivity index (χ0n) is 11.5. The van der Waals surface area contributed by atoms with Gasteiger partial charge in [0.25, 0.3) is 5.88 Å². The molecule has 1 aromatic carbocycles. The molecule has 0 fully saturated rings. The number of methoxy groups -OCH3 is 1. The predicted molar refractivity (Wildman–Crippen MR) is 74.4 cm³/mol. The lowest BCUT2D eigenvalue weighted by molar-refractivity contribution is 0.257. The van der Waals surface area contributed by atoms with Crippen molar-refractivity contribution in [2.24, 2.45) is 0 Å². The van der Waals surface area contributed by atoms with Crippen molar-refractivity contribution in [2.75, 3.05) is 13.7 Å². The molecule has 1 heterocycles. The van der Waals surface area contributed by atoms with E-state index in [1.54, 1.807) is 7.11 Å². The molecule has 1 N–H and O–H groups in total. The van der Waals surface area contributed by atoms with E-state index in [4.69, 9.17) is 14.2 Å². The van der Waals surface area contributed by atoms with Crippen molar-refractivity contribution in [3.63, 3.8) is 0 Å². The molecule has 2 aromatic rings. The Balaban J connectivity index is 2.05. The molecule has 0 saturated heterocycles. The Bertz CT molecular complexity index is 554. The van der Waals surface area contributed by atoms with E-state index in [9.17, 15) is 5.11 Å². The lowest BCUT2D eigenvalue weighted by Crippen LogP contribution is -2.01. The van der Waals surface area contributed by atoms with Gasteiger partial charge in [-0.05, 0) is 24.6 Å². The molecule has 0 aliphatic heterocycles. The van der Waals surface area contributed by atoms with Crippen LogP contribution in [0.3, 0.4) is 0 Å². The van der Waals surface area contributed by atoms with Crippen LogP contribution >= 0.6 is 0 Å². The van der Waals surface area contributed by atoms with E-state index in [1.165, 1.54) is 12.3 Å². The SMILES string of the molecule is CCOc1cc(O)cnc1OCc1ccc(OC)cc1. The number of hydrogen-bond acceptors (Lipinski definition) is 5. The van der Waals surface area contributed by atoms with Crippen molar-refractivity contribution in [1.82, 2.24) is 4.98 Å². The second kappa shape index (κ2) is 6.65. The summed E-state index contributed by atoms with van der Waals surface area (Å²) >= 11 is 0. The fraction of sp³-hybridized carbons (Fsp3) is 0.267. The van der Waals surface area contributed by atoms with Gasteiger partial charge < -0.3 is 19.3 Å². The highest BCUT2D eigenvalue weighted by Gasteiger charge is 2.08. The highest BCUT2D eigenvalue weighted by Crippen LogP contribution is 2.28. The number of rotatable bonds is 6. The van der Waals surface area contributed by atoms with E-state index in [0.29, 0.717) is 24.8 Å². The van der Waals surface area contributed by atoms with Gasteiger partial charge in [0.2, 0.25) is 0 Å². The summed E-state index contributed by atoms with van der Waals surface area (Å²) in [5, 5.41) is 9.40. The third-order valence-corrected chi connectivity index (χ3v) is 2.64. The lowest BCUT2D eigenvalue weighted by atomic mass is 10.2. The van der Waals surface area contributed by atoms with Crippen molar-refractivity contribution in [1.29, 1.82) is 0 Å². The largest absolute Gasteiger partial charge is 0.506 e. The molecule has 5 heteroatoms. The first-order valence-corrected chi connectivity index (χ1v) is 6.30. The van der Waals surface area contributed by atoms with Crippen LogP contribution in [-0.4, -0.2) is 23.8 Å². The quantitative estimate of drug-likeness (QED) is 0.878. The zero-order chi connectivity index (χ0) is 14.4. The average molecular weight is 275 g/mol. The summed E-state index contributed by atoms with van der Waals surface area (Å²) in [7, 11) is 1.63. The van der Waals surface area contributed by atoms with Gasteiger partial charge in [0.05, 0.1) is 19.9 Å². The molecule has 0 atom stereocenters. The number of benzene rings is 1. The fourth-order valence-electron chi connectivity index (χ4n) is 1.66. The second-order valence-electron chi connectivity index (χ2n) is 4.07. The summed E-state index contributed by atoms with van der Waals surface area (Å²) in [6, 6.07) is 9.05. The van der Waals surface area contributed by atoms with Crippen LogP contribution in [0.15, 0.2) is 36.5 Å². The molecule has 0 amide bonds. The first-order chi connectivity index (χ1) is 9.72. The van der Waals surface area contributed by atoms with Gasteiger partial charge in [-0.15, -0.1) is 0 Å². The van der Waals surface area contributed by atoms with Crippen molar-refractivity contribution >= 4 is 0 Å². The van der Waals surface area contributed by atoms with Crippen LogP contribution in [0.25, 0.3) is 0 Å². The molecule has 20 heavy (non-hydrogen) atoms. The van der Waals surface area contributed by atoms with Gasteiger partial charge in [-0.1, -0.05) is 12.1 Å². The van der Waals surface area contributed by atoms with Gasteiger partial charge >= 0.3 is 0 Å². The Morgan fingerprint density at radius 3 is 2.55 bits per heavy atom. The number of aromatic nitrogens is 1. The van der Waals surface area contributed by atoms with Crippen LogP contribution in [0, 0.1) is 0 Å². The summed E-state index contributed by atoms with van der Waals surface area (Å²) in [6.07, 6.45) is 1.33. The number of nitrogens with zero attached hydrogens (tertiary/aromatic N) is 1. The van der Waals surface area contributed by atoms with Crippen molar-refractivity contribution in [3.8, 4) is 23.1 Å². The third kappa shape index (κ3) is 3.54. The molecule has 0 spiro atoms. The minimum absolute atomic E-state index is 0.0465. The minimum Gasteiger partial charge on any atom is -0.506 e. The number of aromatic hydroxyl groups is 1. The second-order valence-corrected chi connectivity index (χ2v) is 4.07. The Morgan fingerprint density at radius 2 is 1.90 bits per heavy atom. The Labute approximate surface area is 117 Å². The normalized spacial score (nSPS) is 10.1. The Morgan fingerprint density at radius 1 is 1.15 bits per heavy atom. The summed E-state index contributed by atoms with van der Waals surface area (Å²) in [4.78, 5) is 4.02. The molecule has 0 bridgehead atoms. The van der Waals surface area contributed by atoms with E-state index < -0.39 is 0 Å². The zero-order valence-corrected chi connectivity index (χ0v) is 11.5. The lowest BCUT2D eigenvalue weighted by Gasteiger charge is -2.11. The number of pyridine rings is 1. The monoisotopic (exact) mass is 275 g/mol. The molecule has 2 rings (SSSR count). The van der Waals surface area contributed by atoms with E-state index in [2.05, 4.69) is 4.98 Å². The van der Waals surface area contributed by atoms with E-state index >= 15 is 0 Å². The van der Waals surface area contributed by atoms with Gasteiger partial charge in [-0.3, -0.25) is 0 Å². The van der Waals surface area contributed by atoms with Gasteiger partial charge in [0.1, 0.15) is 18.1 Å². The number of ether oxygens (including phenoxy) is 3. The summed E-state index contributed by atoms with van der Waals surface area (Å²) in [6.45, 7) is 2.70. The summed E-state index contributed by atoms with van der Waals surface area (Å²) < 4.78 is 16.1. The molecule has 0 aliphatic carbocycles. The highest BCUT2D eigenvalue weighted by molar-refractivity contribution is 5.38. The molecule has 0 aliphatic rings. The molecule has 0 radical (unpaired) electrons. The van der Waals surface area contributed by atoms with Crippen LogP contribution in [0.2, 0.25) is 0 Å². The maximum Gasteiger partial charge on any atom is 0.257 e. The Kier molecular flexibility index (Phi) is 4.65.